The third-order valence-corrected chi connectivity index (χ3v) is 8.50. The molecule has 1 fully saturated rings. The summed E-state index contributed by atoms with van der Waals surface area (Å²) in [6.45, 7) is 1.41. The number of nitrogens with one attached hydrogen (secondary N) is 2. The number of piperidine rings is 1. The number of carbonyl (C=O) groups is 1. The molecule has 0 spiro atoms. The molecule has 2 aromatic rings. The molecule has 33 heavy (non-hydrogen) atoms. The fourth-order valence-corrected chi connectivity index (χ4v) is 7.04. The van der Waals surface area contributed by atoms with E-state index in [-0.39, 0.29) is 43.4 Å². The van der Waals surface area contributed by atoms with Crippen LogP contribution in [0.1, 0.15) is 54.9 Å². The van der Waals surface area contributed by atoms with Crippen molar-refractivity contribution in [3.8, 4) is 0 Å². The Kier molecular flexibility index (Phi) is 7.55. The molecule has 0 bridgehead atoms. The number of fused-ring (bicyclic) bond motifs is 2. The Morgan fingerprint density at radius 1 is 1.21 bits per heavy atom. The number of aromatic nitrogens is 2. The number of rotatable bonds is 6. The number of carbonyl (C=O) groups excluding carboxylic acids is 1. The van der Waals surface area contributed by atoms with Crippen molar-refractivity contribution in [3.05, 3.63) is 46.3 Å². The van der Waals surface area contributed by atoms with Crippen molar-refractivity contribution in [2.75, 3.05) is 17.4 Å². The van der Waals surface area contributed by atoms with E-state index in [2.05, 4.69) is 21.2 Å². The molecule has 1 saturated heterocycles. The number of benzene rings is 1. The van der Waals surface area contributed by atoms with Crippen LogP contribution in [0.3, 0.4) is 0 Å². The molecule has 2 heterocycles. The average molecular weight is 482 g/mol. The first-order valence-corrected chi connectivity index (χ1v) is 13.1. The van der Waals surface area contributed by atoms with Gasteiger partial charge in [0.1, 0.15) is 0 Å². The van der Waals surface area contributed by atoms with Gasteiger partial charge >= 0.3 is 39.8 Å². The Morgan fingerprint density at radius 3 is 2.48 bits per heavy atom. The van der Waals surface area contributed by atoms with Crippen LogP contribution in [0.15, 0.2) is 18.5 Å². The molecule has 0 radical (unpaired) electrons. The molecule has 1 amide bonds. The Hall–Kier alpha value is -1.39. The predicted molar refractivity (Wildman–Crippen MR) is 124 cm³/mol. The fraction of sp³-hybridized carbons (Fsp3) is 0.565. The van der Waals surface area contributed by atoms with Crippen molar-refractivity contribution in [3.63, 3.8) is 0 Å². The minimum atomic E-state index is -4.07. The smallest absolute Gasteiger partial charge is 1.00 e. The number of amides is 1. The first-order valence-electron chi connectivity index (χ1n) is 11.6. The van der Waals surface area contributed by atoms with Crippen LogP contribution < -0.4 is 43.9 Å². The van der Waals surface area contributed by atoms with Gasteiger partial charge in [-0.2, -0.15) is 13.5 Å². The molecule has 2 aliphatic carbocycles. The van der Waals surface area contributed by atoms with Gasteiger partial charge in [-0.15, -0.1) is 0 Å². The van der Waals surface area contributed by atoms with Gasteiger partial charge in [-0.05, 0) is 85.7 Å². The van der Waals surface area contributed by atoms with E-state index in [0.29, 0.717) is 12.2 Å². The van der Waals surface area contributed by atoms with E-state index in [1.165, 1.54) is 32.8 Å². The molecule has 10 heteroatoms. The zero-order valence-corrected chi connectivity index (χ0v) is 22.4. The molecule has 3 aliphatic rings. The predicted octanol–water partition coefficient (Wildman–Crippen LogP) is -1.32. The summed E-state index contributed by atoms with van der Waals surface area (Å²) in [5.74, 6) is -0.461. The van der Waals surface area contributed by atoms with Gasteiger partial charge in [0, 0.05) is 19.8 Å². The van der Waals surface area contributed by atoms with Gasteiger partial charge in [-0.3, -0.25) is 9.48 Å². The summed E-state index contributed by atoms with van der Waals surface area (Å²) in [5.41, 5.74) is 6.80. The minimum Gasteiger partial charge on any atom is -1.00 e. The topological polar surface area (TPSA) is 96.3 Å². The van der Waals surface area contributed by atoms with Crippen molar-refractivity contribution in [2.45, 2.75) is 63.8 Å². The molecule has 1 aromatic heterocycles. The van der Waals surface area contributed by atoms with Gasteiger partial charge in [0.05, 0.1) is 24.3 Å². The second-order valence-corrected chi connectivity index (χ2v) is 10.8. The molecule has 5 rings (SSSR count). The average Bonchev–Trinajstić information content (AvgIpc) is 3.49. The van der Waals surface area contributed by atoms with E-state index < -0.39 is 16.1 Å². The van der Waals surface area contributed by atoms with Crippen LogP contribution in [-0.4, -0.2) is 43.2 Å². The van der Waals surface area contributed by atoms with Crippen molar-refractivity contribution in [1.29, 1.82) is 0 Å². The number of anilines is 1. The summed E-state index contributed by atoms with van der Waals surface area (Å²) in [6, 6.07) is 2.06. The van der Waals surface area contributed by atoms with Crippen molar-refractivity contribution >= 4 is 21.8 Å². The van der Waals surface area contributed by atoms with E-state index in [1.54, 1.807) is 17.9 Å². The molecular weight excluding hydrogens is 449 g/mol. The van der Waals surface area contributed by atoms with Gasteiger partial charge < -0.3 is 6.74 Å². The number of hydrogen-bond donors (Lipinski definition) is 2. The van der Waals surface area contributed by atoms with E-state index >= 15 is 0 Å². The number of hydrogen-bond acceptors (Lipinski definition) is 5. The molecule has 1 atom stereocenters. The Labute approximate surface area is 219 Å². The van der Waals surface area contributed by atoms with Gasteiger partial charge in [-0.1, -0.05) is 6.07 Å². The van der Waals surface area contributed by atoms with Crippen molar-refractivity contribution in [2.24, 2.45) is 7.05 Å². The summed E-state index contributed by atoms with van der Waals surface area (Å²) < 4.78 is 32.2. The zero-order chi connectivity index (χ0) is 22.3. The SMILES string of the molecule is Cn1cc(N(C2CCCNC2)S(=O)(=O)NC(=O)Cc2c3c(cc4c2CCC4)CCC3)cn1.[H-].[Na+]. The van der Waals surface area contributed by atoms with Crippen molar-refractivity contribution < 1.29 is 44.2 Å². The van der Waals surface area contributed by atoms with Crippen LogP contribution in [0, 0.1) is 0 Å². The van der Waals surface area contributed by atoms with Gasteiger partial charge in [0.15, 0.2) is 0 Å². The third kappa shape index (κ3) is 5.03. The van der Waals surface area contributed by atoms with Crippen LogP contribution in [0.5, 0.6) is 0 Å². The van der Waals surface area contributed by atoms with E-state index in [9.17, 15) is 13.2 Å². The second kappa shape index (κ2) is 10.1. The molecule has 1 aliphatic heterocycles. The molecule has 1 unspecified atom stereocenters. The second-order valence-electron chi connectivity index (χ2n) is 9.21. The van der Waals surface area contributed by atoms with Gasteiger partial charge in [0.2, 0.25) is 5.91 Å². The minimum absolute atomic E-state index is 0. The van der Waals surface area contributed by atoms with E-state index in [0.717, 1.165) is 63.5 Å². The third-order valence-electron chi connectivity index (χ3n) is 6.99. The summed E-state index contributed by atoms with van der Waals surface area (Å²) in [5, 5.41) is 7.42. The maximum absolute atomic E-state index is 13.4. The molecule has 0 saturated carbocycles. The Balaban J connectivity index is 0.00000162. The van der Waals surface area contributed by atoms with E-state index in [4.69, 9.17) is 0 Å². The summed E-state index contributed by atoms with van der Waals surface area (Å²) in [4.78, 5) is 13.1. The van der Waals surface area contributed by atoms with Crippen LogP contribution in [0.25, 0.3) is 0 Å². The number of aryl methyl sites for hydroxylation is 3. The normalized spacial score (nSPS) is 19.5. The first-order chi connectivity index (χ1) is 15.4. The quantitative estimate of drug-likeness (QED) is 0.499. The van der Waals surface area contributed by atoms with Crippen LogP contribution in [-0.2, 0) is 54.2 Å². The van der Waals surface area contributed by atoms with Crippen LogP contribution in [0.4, 0.5) is 5.69 Å². The maximum atomic E-state index is 13.4. The van der Waals surface area contributed by atoms with Crippen LogP contribution >= 0.6 is 0 Å². The Morgan fingerprint density at radius 2 is 1.91 bits per heavy atom. The monoisotopic (exact) mass is 481 g/mol. The zero-order valence-electron chi connectivity index (χ0n) is 20.6. The first kappa shape index (κ1) is 24.7. The summed E-state index contributed by atoms with van der Waals surface area (Å²) in [6.07, 6.45) is 11.2. The molecule has 174 valence electrons. The Bertz CT molecular complexity index is 1120. The van der Waals surface area contributed by atoms with Gasteiger partial charge in [-0.25, -0.2) is 9.03 Å². The summed E-state index contributed by atoms with van der Waals surface area (Å²) >= 11 is 0. The maximum Gasteiger partial charge on any atom is 1.00 e. The van der Waals surface area contributed by atoms with Gasteiger partial charge in [0.25, 0.3) is 0 Å². The molecule has 1 aromatic carbocycles. The molecule has 8 nitrogen and oxygen atoms in total. The largest absolute Gasteiger partial charge is 1.00 e. The standard InChI is InChI=1S/C23H31N5O3S.Na.H/c1-27-15-19(14-25-27)28(18-7-4-10-24-13-18)32(30,31)26-23(29)12-22-20-8-2-5-16(20)11-17-6-3-9-21(17)22;;/h11,14-15,18,24H,2-10,12-13H2,1H3,(H,26,29);;/q;+1;-1. The van der Waals surface area contributed by atoms with E-state index in [1.807, 2.05) is 0 Å². The van der Waals surface area contributed by atoms with Crippen molar-refractivity contribution in [1.82, 2.24) is 19.8 Å². The van der Waals surface area contributed by atoms with Crippen LogP contribution in [0.2, 0.25) is 0 Å². The molecule has 2 N–H and O–H groups in total. The fourth-order valence-electron chi connectivity index (χ4n) is 5.64. The number of nitrogens with zero attached hydrogens (tertiary/aromatic N) is 3. The molecular formula is C23H32N5NaO3S. The summed E-state index contributed by atoms with van der Waals surface area (Å²) in [7, 11) is -2.32.